The molecule has 2 aromatic carbocycles. The molecule has 0 unspecified atom stereocenters. The van der Waals surface area contributed by atoms with Crippen LogP contribution in [0.15, 0.2) is 41.3 Å². The maximum absolute atomic E-state index is 12.3. The standard InChI is InChI=1S/C13H10Cl3NO2S/c1-8-4-2-3-5-13(8)20(18,19)17-12-7-10(15)9(14)6-11(12)16/h2-7,17H,1H3. The number of nitrogens with one attached hydrogen (secondary N) is 1. The van der Waals surface area contributed by atoms with Crippen LogP contribution in [-0.2, 0) is 10.0 Å². The average molecular weight is 351 g/mol. The van der Waals surface area contributed by atoms with Gasteiger partial charge in [0.25, 0.3) is 10.0 Å². The lowest BCUT2D eigenvalue weighted by Gasteiger charge is -2.12. The van der Waals surface area contributed by atoms with Gasteiger partial charge < -0.3 is 0 Å². The van der Waals surface area contributed by atoms with Gasteiger partial charge in [-0.3, -0.25) is 4.72 Å². The molecule has 0 fully saturated rings. The number of benzene rings is 2. The zero-order valence-corrected chi connectivity index (χ0v) is 13.4. The van der Waals surface area contributed by atoms with Gasteiger partial charge in [-0.2, -0.15) is 0 Å². The van der Waals surface area contributed by atoms with E-state index in [-0.39, 0.29) is 25.7 Å². The first-order chi connectivity index (χ1) is 9.31. The van der Waals surface area contributed by atoms with Crippen molar-refractivity contribution in [2.24, 2.45) is 0 Å². The van der Waals surface area contributed by atoms with Crippen LogP contribution in [-0.4, -0.2) is 8.42 Å². The van der Waals surface area contributed by atoms with E-state index >= 15 is 0 Å². The first kappa shape index (κ1) is 15.4. The van der Waals surface area contributed by atoms with E-state index < -0.39 is 10.0 Å². The molecule has 2 rings (SSSR count). The second-order valence-corrected chi connectivity index (χ2v) is 6.99. The van der Waals surface area contributed by atoms with Crippen molar-refractivity contribution in [1.29, 1.82) is 0 Å². The van der Waals surface area contributed by atoms with Gasteiger partial charge in [-0.15, -0.1) is 0 Å². The van der Waals surface area contributed by atoms with Crippen LogP contribution in [0.25, 0.3) is 0 Å². The predicted molar refractivity (Wildman–Crippen MR) is 83.5 cm³/mol. The second-order valence-electron chi connectivity index (χ2n) is 4.12. The third-order valence-electron chi connectivity index (χ3n) is 2.64. The van der Waals surface area contributed by atoms with Crippen LogP contribution in [0.1, 0.15) is 5.56 Å². The third kappa shape index (κ3) is 3.20. The number of sulfonamides is 1. The van der Waals surface area contributed by atoms with Crippen molar-refractivity contribution in [3.05, 3.63) is 57.0 Å². The smallest absolute Gasteiger partial charge is 0.262 e. The fourth-order valence-electron chi connectivity index (χ4n) is 1.66. The minimum Gasteiger partial charge on any atom is -0.278 e. The van der Waals surface area contributed by atoms with E-state index in [9.17, 15) is 8.42 Å². The van der Waals surface area contributed by atoms with E-state index in [1.54, 1.807) is 25.1 Å². The van der Waals surface area contributed by atoms with Gasteiger partial charge in [0.15, 0.2) is 0 Å². The highest BCUT2D eigenvalue weighted by molar-refractivity contribution is 7.92. The topological polar surface area (TPSA) is 46.2 Å². The zero-order chi connectivity index (χ0) is 14.9. The zero-order valence-electron chi connectivity index (χ0n) is 10.3. The fraction of sp³-hybridized carbons (Fsp3) is 0.0769. The van der Waals surface area contributed by atoms with Gasteiger partial charge in [-0.25, -0.2) is 8.42 Å². The molecule has 20 heavy (non-hydrogen) atoms. The van der Waals surface area contributed by atoms with E-state index in [4.69, 9.17) is 34.8 Å². The van der Waals surface area contributed by atoms with E-state index in [1.165, 1.54) is 18.2 Å². The van der Waals surface area contributed by atoms with Crippen LogP contribution in [0, 0.1) is 6.92 Å². The Morgan fingerprint density at radius 3 is 2.20 bits per heavy atom. The lowest BCUT2D eigenvalue weighted by Crippen LogP contribution is -2.14. The maximum Gasteiger partial charge on any atom is 0.262 e. The lowest BCUT2D eigenvalue weighted by atomic mass is 10.2. The summed E-state index contributed by atoms with van der Waals surface area (Å²) in [5.41, 5.74) is 0.820. The van der Waals surface area contributed by atoms with Crippen LogP contribution in [0.4, 0.5) is 5.69 Å². The Bertz CT molecular complexity index is 760. The molecule has 0 aromatic heterocycles. The Morgan fingerprint density at radius 1 is 0.950 bits per heavy atom. The molecule has 0 amide bonds. The number of anilines is 1. The molecule has 0 radical (unpaired) electrons. The average Bonchev–Trinajstić information content (AvgIpc) is 2.36. The summed E-state index contributed by atoms with van der Waals surface area (Å²) in [5, 5.41) is 0.658. The highest BCUT2D eigenvalue weighted by Crippen LogP contribution is 2.33. The van der Waals surface area contributed by atoms with E-state index in [1.807, 2.05) is 0 Å². The SMILES string of the molecule is Cc1ccccc1S(=O)(=O)Nc1cc(Cl)c(Cl)cc1Cl. The van der Waals surface area contributed by atoms with Gasteiger partial charge in [-0.05, 0) is 30.7 Å². The molecule has 1 N–H and O–H groups in total. The van der Waals surface area contributed by atoms with Crippen molar-refractivity contribution in [2.45, 2.75) is 11.8 Å². The lowest BCUT2D eigenvalue weighted by molar-refractivity contribution is 0.600. The number of hydrogen-bond acceptors (Lipinski definition) is 2. The molecule has 0 aliphatic carbocycles. The molecular weight excluding hydrogens is 341 g/mol. The Morgan fingerprint density at radius 2 is 1.55 bits per heavy atom. The fourth-order valence-corrected chi connectivity index (χ4v) is 3.63. The molecule has 0 saturated heterocycles. The van der Waals surface area contributed by atoms with Crippen LogP contribution < -0.4 is 4.72 Å². The first-order valence-electron chi connectivity index (χ1n) is 5.54. The van der Waals surface area contributed by atoms with Crippen LogP contribution in [0.3, 0.4) is 0 Å². The monoisotopic (exact) mass is 349 g/mol. The maximum atomic E-state index is 12.3. The molecule has 0 heterocycles. The van der Waals surface area contributed by atoms with Crippen molar-refractivity contribution in [3.63, 3.8) is 0 Å². The quantitative estimate of drug-likeness (QED) is 0.811. The van der Waals surface area contributed by atoms with Gasteiger partial charge in [0.05, 0.1) is 25.7 Å². The Balaban J connectivity index is 2.44. The summed E-state index contributed by atoms with van der Waals surface area (Å²) >= 11 is 17.6. The van der Waals surface area contributed by atoms with Crippen LogP contribution in [0.5, 0.6) is 0 Å². The van der Waals surface area contributed by atoms with Gasteiger partial charge in [-0.1, -0.05) is 53.0 Å². The minimum absolute atomic E-state index is 0.177. The van der Waals surface area contributed by atoms with Crippen molar-refractivity contribution >= 4 is 50.5 Å². The molecule has 0 atom stereocenters. The predicted octanol–water partition coefficient (Wildman–Crippen LogP) is 4.76. The molecule has 7 heteroatoms. The van der Waals surface area contributed by atoms with Gasteiger partial charge >= 0.3 is 0 Å². The third-order valence-corrected chi connectivity index (χ3v) is 5.20. The Kier molecular flexibility index (Phi) is 4.49. The molecular formula is C13H10Cl3NO2S. The largest absolute Gasteiger partial charge is 0.278 e. The summed E-state index contributed by atoms with van der Waals surface area (Å²) in [7, 11) is -3.73. The number of halogens is 3. The van der Waals surface area contributed by atoms with Gasteiger partial charge in [0.1, 0.15) is 0 Å². The van der Waals surface area contributed by atoms with E-state index in [0.717, 1.165) is 0 Å². The summed E-state index contributed by atoms with van der Waals surface area (Å²) in [6.45, 7) is 1.71. The van der Waals surface area contributed by atoms with Gasteiger partial charge in [0, 0.05) is 0 Å². The summed E-state index contributed by atoms with van der Waals surface area (Å²) in [6.07, 6.45) is 0. The van der Waals surface area contributed by atoms with Crippen molar-refractivity contribution in [2.75, 3.05) is 4.72 Å². The van der Waals surface area contributed by atoms with Crippen LogP contribution in [0.2, 0.25) is 15.1 Å². The summed E-state index contributed by atoms with van der Waals surface area (Å²) in [6, 6.07) is 9.41. The van der Waals surface area contributed by atoms with Crippen molar-refractivity contribution in [3.8, 4) is 0 Å². The second kappa shape index (κ2) is 5.82. The molecule has 0 aliphatic heterocycles. The Labute approximate surface area is 132 Å². The highest BCUT2D eigenvalue weighted by Gasteiger charge is 2.18. The molecule has 2 aromatic rings. The molecule has 0 aliphatic rings. The normalized spacial score (nSPS) is 11.4. The molecule has 0 bridgehead atoms. The highest BCUT2D eigenvalue weighted by atomic mass is 35.5. The van der Waals surface area contributed by atoms with E-state index in [2.05, 4.69) is 4.72 Å². The van der Waals surface area contributed by atoms with Crippen molar-refractivity contribution in [1.82, 2.24) is 0 Å². The number of rotatable bonds is 3. The molecule has 3 nitrogen and oxygen atoms in total. The van der Waals surface area contributed by atoms with Crippen LogP contribution >= 0.6 is 34.8 Å². The van der Waals surface area contributed by atoms with Gasteiger partial charge in [0.2, 0.25) is 0 Å². The molecule has 0 spiro atoms. The first-order valence-corrected chi connectivity index (χ1v) is 8.16. The van der Waals surface area contributed by atoms with Crippen molar-refractivity contribution < 1.29 is 8.42 Å². The summed E-state index contributed by atoms with van der Waals surface area (Å²) < 4.78 is 27.1. The number of aryl methyl sites for hydroxylation is 1. The number of hydrogen-bond donors (Lipinski definition) is 1. The minimum atomic E-state index is -3.73. The summed E-state index contributed by atoms with van der Waals surface area (Å²) in [5.74, 6) is 0. The Hall–Kier alpha value is -0.940. The van der Waals surface area contributed by atoms with E-state index in [0.29, 0.717) is 5.56 Å². The summed E-state index contributed by atoms with van der Waals surface area (Å²) in [4.78, 5) is 0.183. The molecule has 0 saturated carbocycles. The molecule has 106 valence electrons.